The van der Waals surface area contributed by atoms with E-state index in [1.165, 1.54) is 6.07 Å². The van der Waals surface area contributed by atoms with Crippen LogP contribution < -0.4 is 15.0 Å². The number of hydrogen-bond acceptors (Lipinski definition) is 4. The molecule has 0 atom stereocenters. The first-order valence-corrected chi connectivity index (χ1v) is 8.23. The van der Waals surface area contributed by atoms with Gasteiger partial charge in [0.25, 0.3) is 5.91 Å². The normalized spacial score (nSPS) is 14.2. The van der Waals surface area contributed by atoms with E-state index in [1.807, 2.05) is 19.1 Å². The molecule has 0 saturated carbocycles. The van der Waals surface area contributed by atoms with Crippen LogP contribution in [0.3, 0.4) is 0 Å². The van der Waals surface area contributed by atoms with Crippen LogP contribution in [-0.2, 0) is 9.53 Å². The fourth-order valence-electron chi connectivity index (χ4n) is 2.60. The number of nitrogens with one attached hydrogen (secondary N) is 1. The molecule has 0 aromatic heterocycles. The monoisotopic (exact) mass is 344 g/mol. The average Bonchev–Trinajstić information content (AvgIpc) is 2.64. The first kappa shape index (κ1) is 17.2. The number of ether oxygens (including phenoxy) is 2. The summed E-state index contributed by atoms with van der Waals surface area (Å²) in [6.45, 7) is 4.57. The molecular weight excluding hydrogens is 323 g/mol. The molecule has 6 heteroatoms. The van der Waals surface area contributed by atoms with Gasteiger partial charge in [-0.1, -0.05) is 17.7 Å². The summed E-state index contributed by atoms with van der Waals surface area (Å²) in [7, 11) is 0. The van der Waals surface area contributed by atoms with Crippen molar-refractivity contribution in [2.45, 2.75) is 6.92 Å². The van der Waals surface area contributed by atoms with E-state index in [0.29, 0.717) is 19.0 Å². The quantitative estimate of drug-likeness (QED) is 0.906. The fraction of sp³-hybridized carbons (Fsp3) is 0.316. The number of anilines is 2. The molecule has 1 N–H and O–H groups in total. The van der Waals surface area contributed by atoms with Gasteiger partial charge in [-0.05, 0) is 37.3 Å². The fourth-order valence-corrected chi connectivity index (χ4v) is 2.60. The van der Waals surface area contributed by atoms with E-state index in [-0.39, 0.29) is 12.3 Å². The van der Waals surface area contributed by atoms with Gasteiger partial charge in [0, 0.05) is 18.8 Å². The van der Waals surface area contributed by atoms with Crippen molar-refractivity contribution in [1.82, 2.24) is 0 Å². The highest BCUT2D eigenvalue weighted by molar-refractivity contribution is 5.92. The van der Waals surface area contributed by atoms with Gasteiger partial charge in [0.15, 0.2) is 6.61 Å². The molecule has 0 radical (unpaired) electrons. The maximum absolute atomic E-state index is 14.0. The van der Waals surface area contributed by atoms with Gasteiger partial charge in [0.2, 0.25) is 0 Å². The predicted octanol–water partition coefficient (Wildman–Crippen LogP) is 2.99. The molecule has 2 aromatic rings. The van der Waals surface area contributed by atoms with Crippen LogP contribution in [0, 0.1) is 12.7 Å². The second-order valence-electron chi connectivity index (χ2n) is 5.91. The molecule has 1 aliphatic rings. The standard InChI is InChI=1S/C19H21FN2O3/c1-14-2-5-16(6-3-14)25-13-19(23)21-18-12-15(4-7-17(18)20)22-8-10-24-11-9-22/h2-7,12H,8-11,13H2,1H3,(H,21,23). The summed E-state index contributed by atoms with van der Waals surface area (Å²) in [4.78, 5) is 14.2. The summed E-state index contributed by atoms with van der Waals surface area (Å²) >= 11 is 0. The number of aryl methyl sites for hydroxylation is 1. The van der Waals surface area contributed by atoms with Crippen LogP contribution in [0.25, 0.3) is 0 Å². The van der Waals surface area contributed by atoms with Crippen molar-refractivity contribution < 1.29 is 18.7 Å². The first-order chi connectivity index (χ1) is 12.1. The Balaban J connectivity index is 1.60. The predicted molar refractivity (Wildman–Crippen MR) is 94.7 cm³/mol. The Morgan fingerprint density at radius 2 is 1.92 bits per heavy atom. The number of nitrogens with zero attached hydrogens (tertiary/aromatic N) is 1. The van der Waals surface area contributed by atoms with Crippen molar-refractivity contribution in [3.63, 3.8) is 0 Å². The molecule has 132 valence electrons. The van der Waals surface area contributed by atoms with Gasteiger partial charge in [-0.3, -0.25) is 4.79 Å². The van der Waals surface area contributed by atoms with Gasteiger partial charge in [0.1, 0.15) is 11.6 Å². The average molecular weight is 344 g/mol. The van der Waals surface area contributed by atoms with Gasteiger partial charge in [-0.25, -0.2) is 4.39 Å². The number of hydrogen-bond donors (Lipinski definition) is 1. The lowest BCUT2D eigenvalue weighted by Crippen LogP contribution is -2.36. The van der Waals surface area contributed by atoms with Crippen molar-refractivity contribution in [2.75, 3.05) is 43.1 Å². The van der Waals surface area contributed by atoms with Crippen molar-refractivity contribution >= 4 is 17.3 Å². The van der Waals surface area contributed by atoms with Crippen molar-refractivity contribution in [1.29, 1.82) is 0 Å². The molecule has 0 aliphatic carbocycles. The summed E-state index contributed by atoms with van der Waals surface area (Å²) in [5, 5.41) is 2.57. The minimum atomic E-state index is -0.472. The van der Waals surface area contributed by atoms with Crippen molar-refractivity contribution in [3.05, 3.63) is 53.8 Å². The molecular formula is C19H21FN2O3. The third-order valence-electron chi connectivity index (χ3n) is 3.99. The first-order valence-electron chi connectivity index (χ1n) is 8.23. The van der Waals surface area contributed by atoms with E-state index in [9.17, 15) is 9.18 Å². The molecule has 0 bridgehead atoms. The zero-order valence-corrected chi connectivity index (χ0v) is 14.1. The van der Waals surface area contributed by atoms with Gasteiger partial charge in [-0.2, -0.15) is 0 Å². The van der Waals surface area contributed by atoms with Gasteiger partial charge >= 0.3 is 0 Å². The molecule has 2 aromatic carbocycles. The van der Waals surface area contributed by atoms with Gasteiger partial charge in [-0.15, -0.1) is 0 Å². The molecule has 0 unspecified atom stereocenters. The molecule has 1 amide bonds. The van der Waals surface area contributed by atoms with E-state index < -0.39 is 11.7 Å². The summed E-state index contributed by atoms with van der Waals surface area (Å²) in [5.74, 6) is -0.275. The van der Waals surface area contributed by atoms with E-state index in [1.54, 1.807) is 24.3 Å². The van der Waals surface area contributed by atoms with Crippen molar-refractivity contribution in [2.24, 2.45) is 0 Å². The van der Waals surface area contributed by atoms with Gasteiger partial charge in [0.05, 0.1) is 18.9 Å². The van der Waals surface area contributed by atoms with Crippen molar-refractivity contribution in [3.8, 4) is 5.75 Å². The number of benzene rings is 2. The largest absolute Gasteiger partial charge is 0.484 e. The van der Waals surface area contributed by atoms with Crippen LogP contribution in [0.15, 0.2) is 42.5 Å². The summed E-state index contributed by atoms with van der Waals surface area (Å²) in [6.07, 6.45) is 0. The Morgan fingerprint density at radius 1 is 1.20 bits per heavy atom. The number of rotatable bonds is 5. The Morgan fingerprint density at radius 3 is 2.64 bits per heavy atom. The summed E-state index contributed by atoms with van der Waals surface area (Å²) < 4.78 is 24.7. The van der Waals surface area contributed by atoms with E-state index in [0.717, 1.165) is 24.3 Å². The Hall–Kier alpha value is -2.60. The third kappa shape index (κ3) is 4.70. The summed E-state index contributed by atoms with van der Waals surface area (Å²) in [5.41, 5.74) is 2.12. The number of morpholine rings is 1. The zero-order chi connectivity index (χ0) is 17.6. The molecule has 1 aliphatic heterocycles. The third-order valence-corrected chi connectivity index (χ3v) is 3.99. The van der Waals surface area contributed by atoms with E-state index >= 15 is 0 Å². The highest BCUT2D eigenvalue weighted by atomic mass is 19.1. The molecule has 1 saturated heterocycles. The lowest BCUT2D eigenvalue weighted by atomic mass is 10.2. The smallest absolute Gasteiger partial charge is 0.262 e. The maximum Gasteiger partial charge on any atom is 0.262 e. The second kappa shape index (κ2) is 7.98. The molecule has 3 rings (SSSR count). The Kier molecular flexibility index (Phi) is 5.50. The minimum absolute atomic E-state index is 0.154. The lowest BCUT2D eigenvalue weighted by Gasteiger charge is -2.29. The van der Waals surface area contributed by atoms with Crippen LogP contribution >= 0.6 is 0 Å². The van der Waals surface area contributed by atoms with Gasteiger partial charge < -0.3 is 19.7 Å². The number of amides is 1. The number of halogens is 1. The maximum atomic E-state index is 14.0. The minimum Gasteiger partial charge on any atom is -0.484 e. The molecule has 1 heterocycles. The molecule has 0 spiro atoms. The van der Waals surface area contributed by atoms with Crippen LogP contribution in [-0.4, -0.2) is 38.8 Å². The van der Waals surface area contributed by atoms with Crippen LogP contribution in [0.5, 0.6) is 5.75 Å². The number of carbonyl (C=O) groups excluding carboxylic acids is 1. The van der Waals surface area contributed by atoms with Crippen LogP contribution in [0.2, 0.25) is 0 Å². The van der Waals surface area contributed by atoms with E-state index in [2.05, 4.69) is 10.2 Å². The highest BCUT2D eigenvalue weighted by Crippen LogP contribution is 2.23. The summed E-state index contributed by atoms with van der Waals surface area (Å²) in [6, 6.07) is 12.1. The van der Waals surface area contributed by atoms with E-state index in [4.69, 9.17) is 9.47 Å². The molecule has 25 heavy (non-hydrogen) atoms. The van der Waals surface area contributed by atoms with Crippen LogP contribution in [0.4, 0.5) is 15.8 Å². The Bertz CT molecular complexity index is 728. The topological polar surface area (TPSA) is 50.8 Å². The second-order valence-corrected chi connectivity index (χ2v) is 5.91. The molecule has 5 nitrogen and oxygen atoms in total. The molecule has 1 fully saturated rings. The lowest BCUT2D eigenvalue weighted by molar-refractivity contribution is -0.118. The van der Waals surface area contributed by atoms with Crippen LogP contribution in [0.1, 0.15) is 5.56 Å². The highest BCUT2D eigenvalue weighted by Gasteiger charge is 2.14. The Labute approximate surface area is 146 Å². The number of carbonyl (C=O) groups is 1. The SMILES string of the molecule is Cc1ccc(OCC(=O)Nc2cc(N3CCOCC3)ccc2F)cc1. The zero-order valence-electron chi connectivity index (χ0n) is 14.1.